The molecule has 1 atom stereocenters. The summed E-state index contributed by atoms with van der Waals surface area (Å²) in [6, 6.07) is 9.01. The molecule has 0 aliphatic rings. The van der Waals surface area contributed by atoms with Gasteiger partial charge in [0, 0.05) is 25.0 Å². The van der Waals surface area contributed by atoms with Crippen molar-refractivity contribution < 1.29 is 0 Å². The van der Waals surface area contributed by atoms with E-state index in [1.54, 1.807) is 0 Å². The number of aryl methyl sites for hydroxylation is 3. The Bertz CT molecular complexity index is 547. The fourth-order valence-corrected chi connectivity index (χ4v) is 2.24. The van der Waals surface area contributed by atoms with Crippen LogP contribution >= 0.6 is 0 Å². The van der Waals surface area contributed by atoms with Crippen LogP contribution in [0.15, 0.2) is 36.7 Å². The van der Waals surface area contributed by atoms with Gasteiger partial charge >= 0.3 is 0 Å². The van der Waals surface area contributed by atoms with Gasteiger partial charge in [0.25, 0.3) is 0 Å². The van der Waals surface area contributed by atoms with Gasteiger partial charge in [-0.15, -0.1) is 0 Å². The maximum absolute atomic E-state index is 4.05. The van der Waals surface area contributed by atoms with Crippen LogP contribution in [0, 0.1) is 20.8 Å². The third kappa shape index (κ3) is 3.42. The fourth-order valence-electron chi connectivity index (χ4n) is 2.24. The van der Waals surface area contributed by atoms with Gasteiger partial charge < -0.3 is 5.32 Å². The molecule has 0 radical (unpaired) electrons. The van der Waals surface area contributed by atoms with Crippen LogP contribution in [0.5, 0.6) is 0 Å². The molecular weight excluding hydrogens is 232 g/mol. The van der Waals surface area contributed by atoms with Crippen molar-refractivity contribution in [2.75, 3.05) is 0 Å². The number of aromatic nitrogens is 1. The highest BCUT2D eigenvalue weighted by Gasteiger charge is 2.06. The molecule has 2 rings (SSSR count). The minimum absolute atomic E-state index is 0.337. The van der Waals surface area contributed by atoms with E-state index in [4.69, 9.17) is 0 Å². The van der Waals surface area contributed by atoms with Crippen molar-refractivity contribution in [3.63, 3.8) is 0 Å². The summed E-state index contributed by atoms with van der Waals surface area (Å²) < 4.78 is 0. The molecule has 2 aromatic rings. The van der Waals surface area contributed by atoms with Gasteiger partial charge in [-0.2, -0.15) is 0 Å². The molecule has 0 aliphatic carbocycles. The van der Waals surface area contributed by atoms with Crippen molar-refractivity contribution in [1.82, 2.24) is 10.3 Å². The van der Waals surface area contributed by atoms with Crippen LogP contribution in [-0.4, -0.2) is 4.98 Å². The van der Waals surface area contributed by atoms with E-state index in [9.17, 15) is 0 Å². The van der Waals surface area contributed by atoms with Gasteiger partial charge in [-0.25, -0.2) is 0 Å². The molecule has 0 bridgehead atoms. The van der Waals surface area contributed by atoms with Crippen LogP contribution in [0.25, 0.3) is 0 Å². The molecule has 0 saturated carbocycles. The molecule has 0 amide bonds. The van der Waals surface area contributed by atoms with Crippen LogP contribution in [0.1, 0.15) is 40.8 Å². The predicted molar refractivity (Wildman–Crippen MR) is 80.1 cm³/mol. The average molecular weight is 254 g/mol. The number of nitrogens with one attached hydrogen (secondary N) is 1. The summed E-state index contributed by atoms with van der Waals surface area (Å²) in [6.07, 6.45) is 3.68. The minimum atomic E-state index is 0.337. The van der Waals surface area contributed by atoms with Crippen LogP contribution in [0.2, 0.25) is 0 Å². The zero-order valence-electron chi connectivity index (χ0n) is 12.2. The van der Waals surface area contributed by atoms with E-state index in [1.807, 2.05) is 12.4 Å². The fraction of sp³-hybridized carbons (Fsp3) is 0.353. The van der Waals surface area contributed by atoms with Gasteiger partial charge in [-0.3, -0.25) is 4.98 Å². The molecule has 0 fully saturated rings. The number of rotatable bonds is 4. The van der Waals surface area contributed by atoms with E-state index in [2.05, 4.69) is 62.3 Å². The van der Waals surface area contributed by atoms with Crippen LogP contribution in [-0.2, 0) is 6.54 Å². The van der Waals surface area contributed by atoms with Gasteiger partial charge in [-0.1, -0.05) is 12.1 Å². The van der Waals surface area contributed by atoms with E-state index < -0.39 is 0 Å². The highest BCUT2D eigenvalue weighted by Crippen LogP contribution is 2.17. The number of benzene rings is 1. The summed E-state index contributed by atoms with van der Waals surface area (Å²) >= 11 is 0. The zero-order valence-corrected chi connectivity index (χ0v) is 12.2. The van der Waals surface area contributed by atoms with E-state index in [0.717, 1.165) is 6.54 Å². The molecule has 19 heavy (non-hydrogen) atoms. The van der Waals surface area contributed by atoms with Crippen molar-refractivity contribution >= 4 is 0 Å². The average Bonchev–Trinajstić information content (AvgIpc) is 2.42. The van der Waals surface area contributed by atoms with Gasteiger partial charge in [0.1, 0.15) is 0 Å². The molecular formula is C17H22N2. The molecule has 1 aromatic heterocycles. The first-order valence-electron chi connectivity index (χ1n) is 6.78. The Kier molecular flexibility index (Phi) is 4.33. The highest BCUT2D eigenvalue weighted by atomic mass is 14.9. The number of hydrogen-bond acceptors (Lipinski definition) is 2. The Morgan fingerprint density at radius 1 is 1.00 bits per heavy atom. The largest absolute Gasteiger partial charge is 0.306 e. The van der Waals surface area contributed by atoms with Crippen molar-refractivity contribution in [3.05, 3.63) is 64.5 Å². The second-order valence-corrected chi connectivity index (χ2v) is 5.25. The lowest BCUT2D eigenvalue weighted by Gasteiger charge is -2.16. The molecule has 1 unspecified atom stereocenters. The topological polar surface area (TPSA) is 24.9 Å². The van der Waals surface area contributed by atoms with Gasteiger partial charge in [0.15, 0.2) is 0 Å². The van der Waals surface area contributed by atoms with Crippen LogP contribution in [0.4, 0.5) is 0 Å². The molecule has 2 nitrogen and oxygen atoms in total. The van der Waals surface area contributed by atoms with Crippen LogP contribution < -0.4 is 5.32 Å². The summed E-state index contributed by atoms with van der Waals surface area (Å²) in [5.41, 5.74) is 6.74. The summed E-state index contributed by atoms with van der Waals surface area (Å²) in [4.78, 5) is 4.05. The highest BCUT2D eigenvalue weighted by molar-refractivity contribution is 5.36. The van der Waals surface area contributed by atoms with Crippen molar-refractivity contribution in [2.24, 2.45) is 0 Å². The number of hydrogen-bond donors (Lipinski definition) is 1. The summed E-state index contributed by atoms with van der Waals surface area (Å²) in [5, 5.41) is 3.57. The zero-order chi connectivity index (χ0) is 13.8. The molecule has 1 aromatic carbocycles. The lowest BCUT2D eigenvalue weighted by molar-refractivity contribution is 0.572. The first-order valence-corrected chi connectivity index (χ1v) is 6.78. The predicted octanol–water partition coefficient (Wildman–Crippen LogP) is 3.86. The Hall–Kier alpha value is -1.67. The van der Waals surface area contributed by atoms with Gasteiger partial charge in [0.05, 0.1) is 0 Å². The molecule has 0 aliphatic heterocycles. The first kappa shape index (κ1) is 13.8. The standard InChI is InChI=1S/C17H22N2/c1-12-9-14(3)17(10-13(12)2)11-19-15(4)16-5-7-18-8-6-16/h5-10,15,19H,11H2,1-4H3. The lowest BCUT2D eigenvalue weighted by Crippen LogP contribution is -2.18. The Morgan fingerprint density at radius 3 is 2.32 bits per heavy atom. The molecule has 2 heteroatoms. The van der Waals surface area contributed by atoms with Crippen molar-refractivity contribution in [2.45, 2.75) is 40.3 Å². The third-order valence-corrected chi connectivity index (χ3v) is 3.76. The van der Waals surface area contributed by atoms with Crippen molar-refractivity contribution in [3.8, 4) is 0 Å². The molecule has 1 N–H and O–H groups in total. The van der Waals surface area contributed by atoms with E-state index in [1.165, 1.54) is 27.8 Å². The monoisotopic (exact) mass is 254 g/mol. The quantitative estimate of drug-likeness (QED) is 0.896. The first-order chi connectivity index (χ1) is 9.08. The van der Waals surface area contributed by atoms with Crippen LogP contribution in [0.3, 0.4) is 0 Å². The lowest BCUT2D eigenvalue weighted by atomic mass is 10.0. The summed E-state index contributed by atoms with van der Waals surface area (Å²) in [7, 11) is 0. The maximum Gasteiger partial charge on any atom is 0.0296 e. The Balaban J connectivity index is 2.05. The smallest absolute Gasteiger partial charge is 0.0296 e. The van der Waals surface area contributed by atoms with Crippen molar-refractivity contribution in [1.29, 1.82) is 0 Å². The SMILES string of the molecule is Cc1cc(C)c(CNC(C)c2ccncc2)cc1C. The summed E-state index contributed by atoms with van der Waals surface area (Å²) in [5.74, 6) is 0. The molecule has 0 saturated heterocycles. The molecule has 1 heterocycles. The van der Waals surface area contributed by atoms with E-state index in [0.29, 0.717) is 6.04 Å². The minimum Gasteiger partial charge on any atom is -0.306 e. The Morgan fingerprint density at radius 2 is 1.63 bits per heavy atom. The van der Waals surface area contributed by atoms with Gasteiger partial charge in [0.2, 0.25) is 0 Å². The second kappa shape index (κ2) is 5.98. The normalized spacial score (nSPS) is 12.4. The number of pyridine rings is 1. The molecule has 100 valence electrons. The Labute approximate surface area is 115 Å². The summed E-state index contributed by atoms with van der Waals surface area (Å²) in [6.45, 7) is 9.60. The van der Waals surface area contributed by atoms with Gasteiger partial charge in [-0.05, 0) is 67.6 Å². The second-order valence-electron chi connectivity index (χ2n) is 5.25. The maximum atomic E-state index is 4.05. The molecule has 0 spiro atoms. The van der Waals surface area contributed by atoms with E-state index in [-0.39, 0.29) is 0 Å². The number of nitrogens with zero attached hydrogens (tertiary/aromatic N) is 1. The third-order valence-electron chi connectivity index (χ3n) is 3.76. The van der Waals surface area contributed by atoms with E-state index >= 15 is 0 Å².